The van der Waals surface area contributed by atoms with Gasteiger partial charge in [0.25, 0.3) is 5.91 Å². The fourth-order valence-corrected chi connectivity index (χ4v) is 3.37. The molecule has 1 aliphatic heterocycles. The highest BCUT2D eigenvalue weighted by Crippen LogP contribution is 2.29. The first-order chi connectivity index (χ1) is 7.99. The number of thiophene rings is 1. The first-order valence-electron chi connectivity index (χ1n) is 5.27. The summed E-state index contributed by atoms with van der Waals surface area (Å²) >= 11 is 4.78. The van der Waals surface area contributed by atoms with E-state index in [1.807, 2.05) is 13.0 Å². The summed E-state index contributed by atoms with van der Waals surface area (Å²) in [6, 6.07) is 1.84. The molecule has 17 heavy (non-hydrogen) atoms. The van der Waals surface area contributed by atoms with Gasteiger partial charge in [-0.2, -0.15) is 0 Å². The van der Waals surface area contributed by atoms with Gasteiger partial charge in [-0.05, 0) is 40.9 Å². The van der Waals surface area contributed by atoms with Crippen LogP contribution < -0.4 is 0 Å². The Balaban J connectivity index is 2.09. The summed E-state index contributed by atoms with van der Waals surface area (Å²) in [6.07, 6.45) is 0.548. The molecule has 1 N–H and O–H groups in total. The third-order valence-electron chi connectivity index (χ3n) is 2.89. The quantitative estimate of drug-likeness (QED) is 0.911. The molecule has 0 aliphatic carbocycles. The summed E-state index contributed by atoms with van der Waals surface area (Å²) in [7, 11) is 0. The number of carboxylic acids is 1. The molecular weight excluding hydrogens is 306 g/mol. The third kappa shape index (κ3) is 2.52. The van der Waals surface area contributed by atoms with Gasteiger partial charge in [-0.3, -0.25) is 9.59 Å². The van der Waals surface area contributed by atoms with Crippen LogP contribution in [0.2, 0.25) is 0 Å². The van der Waals surface area contributed by atoms with Crippen LogP contribution in [0.3, 0.4) is 0 Å². The van der Waals surface area contributed by atoms with Crippen molar-refractivity contribution in [1.82, 2.24) is 4.90 Å². The van der Waals surface area contributed by atoms with E-state index in [0.29, 0.717) is 24.4 Å². The summed E-state index contributed by atoms with van der Waals surface area (Å²) in [5, 5.41) is 8.89. The maximum Gasteiger partial charge on any atom is 0.308 e. The molecule has 0 spiro atoms. The molecule has 6 heteroatoms. The second-order valence-electron chi connectivity index (χ2n) is 4.14. The molecule has 4 nitrogen and oxygen atoms in total. The molecule has 0 saturated carbocycles. The van der Waals surface area contributed by atoms with Crippen molar-refractivity contribution in [2.45, 2.75) is 13.3 Å². The number of aryl methyl sites for hydroxylation is 1. The highest BCUT2D eigenvalue weighted by atomic mass is 79.9. The smallest absolute Gasteiger partial charge is 0.308 e. The summed E-state index contributed by atoms with van der Waals surface area (Å²) in [5.41, 5.74) is 1.03. The van der Waals surface area contributed by atoms with Gasteiger partial charge in [-0.15, -0.1) is 11.3 Å². The second kappa shape index (κ2) is 4.78. The van der Waals surface area contributed by atoms with Crippen LogP contribution in [0.1, 0.15) is 21.7 Å². The van der Waals surface area contributed by atoms with E-state index in [-0.39, 0.29) is 5.91 Å². The first-order valence-corrected chi connectivity index (χ1v) is 6.88. The van der Waals surface area contributed by atoms with Gasteiger partial charge in [-0.1, -0.05) is 0 Å². The van der Waals surface area contributed by atoms with Crippen molar-refractivity contribution in [2.24, 2.45) is 5.92 Å². The third-order valence-corrected chi connectivity index (χ3v) is 5.02. The van der Waals surface area contributed by atoms with E-state index < -0.39 is 11.9 Å². The standard InChI is InChI=1S/C11H12BrNO3S/c1-6-4-8(17-9(6)12)10(14)13-3-2-7(5-13)11(15)16/h4,7H,2-3,5H2,1H3,(H,15,16). The van der Waals surface area contributed by atoms with Crippen LogP contribution >= 0.6 is 27.3 Å². The largest absolute Gasteiger partial charge is 0.481 e. The fraction of sp³-hybridized carbons (Fsp3) is 0.455. The van der Waals surface area contributed by atoms with Crippen LogP contribution in [0.5, 0.6) is 0 Å². The minimum Gasteiger partial charge on any atom is -0.481 e. The van der Waals surface area contributed by atoms with Gasteiger partial charge < -0.3 is 10.0 Å². The Bertz CT molecular complexity index is 452. The predicted octanol–water partition coefficient (Wildman–Crippen LogP) is 2.37. The second-order valence-corrected chi connectivity index (χ2v) is 6.51. The Morgan fingerprint density at radius 1 is 1.59 bits per heavy atom. The Morgan fingerprint density at radius 3 is 2.76 bits per heavy atom. The lowest BCUT2D eigenvalue weighted by Gasteiger charge is -2.14. The molecule has 1 fully saturated rings. The SMILES string of the molecule is Cc1cc(C(=O)N2CCC(C(=O)O)C2)sc1Br. The lowest BCUT2D eigenvalue weighted by molar-refractivity contribution is -0.141. The molecule has 1 saturated heterocycles. The first kappa shape index (κ1) is 12.6. The molecule has 0 radical (unpaired) electrons. The van der Waals surface area contributed by atoms with Crippen LogP contribution in [0.25, 0.3) is 0 Å². The van der Waals surface area contributed by atoms with Crippen molar-refractivity contribution in [3.8, 4) is 0 Å². The van der Waals surface area contributed by atoms with Gasteiger partial charge in [0.05, 0.1) is 14.6 Å². The summed E-state index contributed by atoms with van der Waals surface area (Å²) in [5.74, 6) is -1.29. The summed E-state index contributed by atoms with van der Waals surface area (Å²) < 4.78 is 0.954. The van der Waals surface area contributed by atoms with Gasteiger partial charge in [0.2, 0.25) is 0 Å². The number of carbonyl (C=O) groups is 2. The number of hydrogen-bond acceptors (Lipinski definition) is 3. The van der Waals surface area contributed by atoms with Crippen molar-refractivity contribution in [2.75, 3.05) is 13.1 Å². The van der Waals surface area contributed by atoms with Crippen LogP contribution in [-0.2, 0) is 4.79 Å². The van der Waals surface area contributed by atoms with Crippen molar-refractivity contribution in [3.05, 3.63) is 20.3 Å². The number of nitrogens with zero attached hydrogens (tertiary/aromatic N) is 1. The zero-order valence-electron chi connectivity index (χ0n) is 9.27. The molecule has 1 atom stereocenters. The number of carbonyl (C=O) groups excluding carboxylic acids is 1. The molecule has 1 aromatic heterocycles. The van der Waals surface area contributed by atoms with E-state index >= 15 is 0 Å². The van der Waals surface area contributed by atoms with E-state index in [1.54, 1.807) is 4.90 Å². The minimum absolute atomic E-state index is 0.0625. The van der Waals surface area contributed by atoms with Gasteiger partial charge >= 0.3 is 5.97 Å². The van der Waals surface area contributed by atoms with E-state index in [2.05, 4.69) is 15.9 Å². The van der Waals surface area contributed by atoms with E-state index in [0.717, 1.165) is 9.35 Å². The van der Waals surface area contributed by atoms with Gasteiger partial charge in [0.1, 0.15) is 0 Å². The molecule has 1 unspecified atom stereocenters. The van der Waals surface area contributed by atoms with Crippen LogP contribution in [-0.4, -0.2) is 35.0 Å². The zero-order chi connectivity index (χ0) is 12.6. The fourth-order valence-electron chi connectivity index (χ4n) is 1.87. The number of hydrogen-bond donors (Lipinski definition) is 1. The number of carboxylic acid groups (broad SMARTS) is 1. The van der Waals surface area contributed by atoms with E-state index in [4.69, 9.17) is 5.11 Å². The maximum absolute atomic E-state index is 12.1. The van der Waals surface area contributed by atoms with Crippen molar-refractivity contribution < 1.29 is 14.7 Å². The number of halogens is 1. The Labute approximate surface area is 111 Å². The maximum atomic E-state index is 12.1. The van der Waals surface area contributed by atoms with Crippen molar-refractivity contribution in [1.29, 1.82) is 0 Å². The molecular formula is C11H12BrNO3S. The van der Waals surface area contributed by atoms with Crippen LogP contribution in [0.4, 0.5) is 0 Å². The molecule has 2 heterocycles. The normalized spacial score (nSPS) is 19.6. The highest BCUT2D eigenvalue weighted by molar-refractivity contribution is 9.11. The van der Waals surface area contributed by atoms with Crippen LogP contribution in [0.15, 0.2) is 9.85 Å². The number of rotatable bonds is 2. The lowest BCUT2D eigenvalue weighted by atomic mass is 10.1. The predicted molar refractivity (Wildman–Crippen MR) is 68.4 cm³/mol. The number of amides is 1. The van der Waals surface area contributed by atoms with Crippen molar-refractivity contribution >= 4 is 39.1 Å². The Morgan fingerprint density at radius 2 is 2.29 bits per heavy atom. The monoisotopic (exact) mass is 317 g/mol. The Hall–Kier alpha value is -0.880. The van der Waals surface area contributed by atoms with Crippen molar-refractivity contribution in [3.63, 3.8) is 0 Å². The highest BCUT2D eigenvalue weighted by Gasteiger charge is 2.31. The van der Waals surface area contributed by atoms with Gasteiger partial charge in [0.15, 0.2) is 0 Å². The molecule has 0 bridgehead atoms. The summed E-state index contributed by atoms with van der Waals surface area (Å²) in [6.45, 7) is 2.79. The average molecular weight is 318 g/mol. The molecule has 92 valence electrons. The van der Waals surface area contributed by atoms with Gasteiger partial charge in [-0.25, -0.2) is 0 Å². The molecule has 2 rings (SSSR count). The summed E-state index contributed by atoms with van der Waals surface area (Å²) in [4.78, 5) is 25.2. The van der Waals surface area contributed by atoms with E-state index in [1.165, 1.54) is 11.3 Å². The number of likely N-dealkylation sites (tertiary alicyclic amines) is 1. The molecule has 0 aromatic carbocycles. The van der Waals surface area contributed by atoms with Gasteiger partial charge in [0, 0.05) is 13.1 Å². The average Bonchev–Trinajstić information content (AvgIpc) is 2.86. The lowest BCUT2D eigenvalue weighted by Crippen LogP contribution is -2.29. The number of aliphatic carboxylic acids is 1. The van der Waals surface area contributed by atoms with Crippen LogP contribution in [0, 0.1) is 12.8 Å². The topological polar surface area (TPSA) is 57.6 Å². The minimum atomic E-state index is -0.816. The zero-order valence-corrected chi connectivity index (χ0v) is 11.7. The van der Waals surface area contributed by atoms with E-state index in [9.17, 15) is 9.59 Å². The Kier molecular flexibility index (Phi) is 3.53. The molecule has 1 aliphatic rings. The molecule has 1 aromatic rings. The molecule has 1 amide bonds.